The van der Waals surface area contributed by atoms with Crippen LogP contribution >= 0.6 is 24.0 Å². The molecule has 1 aliphatic heterocycles. The Balaban J connectivity index is 2.18. The van der Waals surface area contributed by atoms with Gasteiger partial charge < -0.3 is 4.74 Å². The molecule has 18 heavy (non-hydrogen) atoms. The van der Waals surface area contributed by atoms with Crippen molar-refractivity contribution < 1.29 is 9.53 Å². The zero-order chi connectivity index (χ0) is 13.1. The highest BCUT2D eigenvalue weighted by molar-refractivity contribution is 8.26. The van der Waals surface area contributed by atoms with E-state index in [1.165, 1.54) is 11.8 Å². The summed E-state index contributed by atoms with van der Waals surface area (Å²) < 4.78 is 5.72. The first kappa shape index (κ1) is 13.1. The van der Waals surface area contributed by atoms with Gasteiger partial charge in [0.05, 0.1) is 11.5 Å². The van der Waals surface area contributed by atoms with Crippen LogP contribution in [0.15, 0.2) is 29.2 Å². The Bertz CT molecular complexity index is 511. The predicted molar refractivity (Wildman–Crippen MR) is 76.8 cm³/mol. The molecule has 0 aliphatic carbocycles. The van der Waals surface area contributed by atoms with Crippen LogP contribution in [0.3, 0.4) is 0 Å². The van der Waals surface area contributed by atoms with E-state index in [9.17, 15) is 4.79 Å². The van der Waals surface area contributed by atoms with Crippen LogP contribution in [0.25, 0.3) is 6.08 Å². The second-order valence-corrected chi connectivity index (χ2v) is 5.23. The molecular weight excluding hydrogens is 268 g/mol. The zero-order valence-electron chi connectivity index (χ0n) is 9.75. The summed E-state index contributed by atoms with van der Waals surface area (Å²) >= 11 is 6.15. The summed E-state index contributed by atoms with van der Waals surface area (Å²) in [5.74, 6) is 6.03. The maximum Gasteiger partial charge on any atom is 0.280 e. The monoisotopic (exact) mass is 280 g/mol. The van der Waals surface area contributed by atoms with Crippen LogP contribution in [-0.2, 0) is 4.79 Å². The number of rotatable bonds is 3. The standard InChI is InChI=1S/C12H12N2O2S2/c1-2-16-9-5-3-8(4-6-9)7-10-11(15)14(13)12(17)18-10/h3-7H,2,13H2,1H3/b10-7-. The van der Waals surface area contributed by atoms with Crippen LogP contribution < -0.4 is 10.6 Å². The van der Waals surface area contributed by atoms with Crippen molar-refractivity contribution in [1.82, 2.24) is 5.01 Å². The molecule has 1 aromatic carbocycles. The Morgan fingerprint density at radius 2 is 2.11 bits per heavy atom. The van der Waals surface area contributed by atoms with Crippen LogP contribution in [0.1, 0.15) is 12.5 Å². The van der Waals surface area contributed by atoms with Crippen molar-refractivity contribution in [1.29, 1.82) is 0 Å². The number of ether oxygens (including phenoxy) is 1. The Morgan fingerprint density at radius 1 is 1.44 bits per heavy atom. The molecule has 1 aromatic rings. The molecule has 0 radical (unpaired) electrons. The van der Waals surface area contributed by atoms with Crippen molar-refractivity contribution >= 4 is 40.3 Å². The second kappa shape index (κ2) is 5.51. The number of hydrogen-bond acceptors (Lipinski definition) is 5. The maximum absolute atomic E-state index is 11.7. The van der Waals surface area contributed by atoms with E-state index in [0.717, 1.165) is 16.3 Å². The number of carbonyl (C=O) groups excluding carboxylic acids is 1. The second-order valence-electron chi connectivity index (χ2n) is 3.55. The van der Waals surface area contributed by atoms with Gasteiger partial charge in [-0.15, -0.1) is 0 Å². The molecule has 0 aromatic heterocycles. The van der Waals surface area contributed by atoms with Crippen LogP contribution in [-0.4, -0.2) is 21.8 Å². The van der Waals surface area contributed by atoms with E-state index in [1.54, 1.807) is 6.08 Å². The Hall–Kier alpha value is -1.37. The van der Waals surface area contributed by atoms with Crippen molar-refractivity contribution in [2.75, 3.05) is 6.61 Å². The molecule has 0 unspecified atom stereocenters. The molecule has 4 nitrogen and oxygen atoms in total. The molecule has 0 saturated carbocycles. The van der Waals surface area contributed by atoms with Crippen LogP contribution in [0.4, 0.5) is 0 Å². The first-order valence-electron chi connectivity index (χ1n) is 5.37. The lowest BCUT2D eigenvalue weighted by molar-refractivity contribution is -0.122. The molecule has 2 N–H and O–H groups in total. The lowest BCUT2D eigenvalue weighted by Gasteiger charge is -2.03. The Labute approximate surface area is 115 Å². The van der Waals surface area contributed by atoms with E-state index in [1.807, 2.05) is 31.2 Å². The molecule has 1 fully saturated rings. The number of hydrogen-bond donors (Lipinski definition) is 1. The van der Waals surface area contributed by atoms with Gasteiger partial charge in [-0.1, -0.05) is 36.1 Å². The van der Waals surface area contributed by atoms with Gasteiger partial charge in [-0.3, -0.25) is 4.79 Å². The maximum atomic E-state index is 11.7. The average molecular weight is 280 g/mol. The average Bonchev–Trinajstić information content (AvgIpc) is 2.60. The lowest BCUT2D eigenvalue weighted by atomic mass is 10.2. The molecular formula is C12H12N2O2S2. The predicted octanol–water partition coefficient (Wildman–Crippen LogP) is 2.16. The highest BCUT2D eigenvalue weighted by Crippen LogP contribution is 2.30. The van der Waals surface area contributed by atoms with Crippen molar-refractivity contribution in [3.05, 3.63) is 34.7 Å². The number of thiocarbonyl (C=S) groups is 1. The number of nitrogens with zero attached hydrogens (tertiary/aromatic N) is 1. The highest BCUT2D eigenvalue weighted by Gasteiger charge is 2.29. The third-order valence-corrected chi connectivity index (χ3v) is 3.64. The summed E-state index contributed by atoms with van der Waals surface area (Å²) in [4.78, 5) is 12.2. The van der Waals surface area contributed by atoms with Gasteiger partial charge in [0, 0.05) is 0 Å². The summed E-state index contributed by atoms with van der Waals surface area (Å²) in [6, 6.07) is 7.49. The van der Waals surface area contributed by atoms with Crippen molar-refractivity contribution in [3.8, 4) is 5.75 Å². The van der Waals surface area contributed by atoms with Crippen molar-refractivity contribution in [3.63, 3.8) is 0 Å². The van der Waals surface area contributed by atoms with E-state index >= 15 is 0 Å². The highest BCUT2D eigenvalue weighted by atomic mass is 32.2. The van der Waals surface area contributed by atoms with E-state index in [0.29, 0.717) is 15.8 Å². The number of hydrazine groups is 1. The van der Waals surface area contributed by atoms with Gasteiger partial charge in [-0.25, -0.2) is 10.9 Å². The molecule has 94 valence electrons. The molecule has 1 heterocycles. The van der Waals surface area contributed by atoms with E-state index in [-0.39, 0.29) is 5.91 Å². The fourth-order valence-electron chi connectivity index (χ4n) is 1.46. The molecule has 6 heteroatoms. The molecule has 0 atom stereocenters. The largest absolute Gasteiger partial charge is 0.494 e. The summed E-state index contributed by atoms with van der Waals surface area (Å²) in [6.07, 6.45) is 1.77. The first-order chi connectivity index (χ1) is 8.61. The van der Waals surface area contributed by atoms with E-state index < -0.39 is 0 Å². The quantitative estimate of drug-likeness (QED) is 0.398. The topological polar surface area (TPSA) is 55.6 Å². The minimum Gasteiger partial charge on any atom is -0.494 e. The smallest absolute Gasteiger partial charge is 0.280 e. The van der Waals surface area contributed by atoms with Crippen molar-refractivity contribution in [2.24, 2.45) is 5.84 Å². The molecule has 1 amide bonds. The van der Waals surface area contributed by atoms with Gasteiger partial charge in [0.1, 0.15) is 5.75 Å². The summed E-state index contributed by atoms with van der Waals surface area (Å²) in [7, 11) is 0. The number of amides is 1. The Kier molecular flexibility index (Phi) is 4.00. The molecule has 1 aliphatic rings. The third-order valence-electron chi connectivity index (χ3n) is 2.31. The number of carbonyl (C=O) groups is 1. The SMILES string of the molecule is CCOc1ccc(/C=C2\SC(=S)N(N)C2=O)cc1. The first-order valence-corrected chi connectivity index (χ1v) is 6.60. The van der Waals surface area contributed by atoms with E-state index in [2.05, 4.69) is 0 Å². The molecule has 0 spiro atoms. The Morgan fingerprint density at radius 3 is 2.61 bits per heavy atom. The van der Waals surface area contributed by atoms with Gasteiger partial charge in [0.25, 0.3) is 5.91 Å². The van der Waals surface area contributed by atoms with E-state index in [4.69, 9.17) is 22.8 Å². The minimum absolute atomic E-state index is 0.265. The zero-order valence-corrected chi connectivity index (χ0v) is 11.4. The van der Waals surface area contributed by atoms with Gasteiger partial charge in [-0.05, 0) is 30.7 Å². The van der Waals surface area contributed by atoms with Gasteiger partial charge in [-0.2, -0.15) is 0 Å². The van der Waals surface area contributed by atoms with Crippen LogP contribution in [0.5, 0.6) is 5.75 Å². The number of thioether (sulfide) groups is 1. The number of benzene rings is 1. The molecule has 1 saturated heterocycles. The van der Waals surface area contributed by atoms with Crippen molar-refractivity contribution in [2.45, 2.75) is 6.92 Å². The number of nitrogens with two attached hydrogens (primary N) is 1. The molecule has 2 rings (SSSR count). The molecule has 0 bridgehead atoms. The summed E-state index contributed by atoms with van der Waals surface area (Å²) in [5, 5.41) is 0.987. The lowest BCUT2D eigenvalue weighted by Crippen LogP contribution is -2.34. The van der Waals surface area contributed by atoms with Gasteiger partial charge in [0.15, 0.2) is 4.32 Å². The third kappa shape index (κ3) is 2.72. The summed E-state index contributed by atoms with van der Waals surface area (Å²) in [6.45, 7) is 2.56. The van der Waals surface area contributed by atoms with Gasteiger partial charge >= 0.3 is 0 Å². The van der Waals surface area contributed by atoms with Gasteiger partial charge in [0.2, 0.25) is 0 Å². The summed E-state index contributed by atoms with van der Waals surface area (Å²) in [5.41, 5.74) is 0.910. The fraction of sp³-hybridized carbons (Fsp3) is 0.167. The van der Waals surface area contributed by atoms with Crippen LogP contribution in [0.2, 0.25) is 0 Å². The van der Waals surface area contributed by atoms with Crippen LogP contribution in [0, 0.1) is 0 Å². The minimum atomic E-state index is -0.265. The fourth-order valence-corrected chi connectivity index (χ4v) is 2.56. The normalized spacial score (nSPS) is 17.7.